The van der Waals surface area contributed by atoms with Crippen molar-refractivity contribution in [3.8, 4) is 0 Å². The standard InChI is InChI=1S/C11H19NO2/c1-8-6-10(14-9(2)13)7-11(3,4)12(8)5/h10H,1,6-7H2,2-5H3. The maximum Gasteiger partial charge on any atom is 0.302 e. The van der Waals surface area contributed by atoms with Crippen LogP contribution in [0.4, 0.5) is 0 Å². The Bertz CT molecular complexity index is 258. The average molecular weight is 197 g/mol. The Morgan fingerprint density at radius 1 is 1.64 bits per heavy atom. The number of carbonyl (C=O) groups is 1. The Hall–Kier alpha value is -0.990. The average Bonchev–Trinajstić information content (AvgIpc) is 1.98. The van der Waals surface area contributed by atoms with Crippen LogP contribution >= 0.6 is 0 Å². The van der Waals surface area contributed by atoms with Crippen LogP contribution in [-0.2, 0) is 9.53 Å². The maximum absolute atomic E-state index is 10.8. The van der Waals surface area contributed by atoms with Gasteiger partial charge in [-0.05, 0) is 13.8 Å². The van der Waals surface area contributed by atoms with E-state index in [9.17, 15) is 4.79 Å². The molecule has 1 aliphatic rings. The van der Waals surface area contributed by atoms with E-state index < -0.39 is 0 Å². The smallest absolute Gasteiger partial charge is 0.302 e. The van der Waals surface area contributed by atoms with Crippen LogP contribution in [0, 0.1) is 0 Å². The monoisotopic (exact) mass is 197 g/mol. The summed E-state index contributed by atoms with van der Waals surface area (Å²) in [7, 11) is 2.03. The largest absolute Gasteiger partial charge is 0.462 e. The summed E-state index contributed by atoms with van der Waals surface area (Å²) < 4.78 is 5.22. The number of esters is 1. The van der Waals surface area contributed by atoms with Gasteiger partial charge in [0.2, 0.25) is 0 Å². The van der Waals surface area contributed by atoms with Crippen LogP contribution in [0.3, 0.4) is 0 Å². The van der Waals surface area contributed by atoms with E-state index in [1.807, 2.05) is 7.05 Å². The second kappa shape index (κ2) is 3.64. The zero-order chi connectivity index (χ0) is 10.9. The van der Waals surface area contributed by atoms with Gasteiger partial charge in [-0.15, -0.1) is 0 Å². The summed E-state index contributed by atoms with van der Waals surface area (Å²) in [6, 6.07) is 0. The Morgan fingerprint density at radius 2 is 2.21 bits per heavy atom. The van der Waals surface area contributed by atoms with Gasteiger partial charge in [0.25, 0.3) is 0 Å². The van der Waals surface area contributed by atoms with E-state index in [4.69, 9.17) is 4.74 Å². The molecule has 1 rings (SSSR count). The Kier molecular flexibility index (Phi) is 2.88. The summed E-state index contributed by atoms with van der Waals surface area (Å²) >= 11 is 0. The zero-order valence-corrected chi connectivity index (χ0v) is 9.46. The van der Waals surface area contributed by atoms with Crippen molar-refractivity contribution in [3.05, 3.63) is 12.3 Å². The van der Waals surface area contributed by atoms with Crippen molar-refractivity contribution in [1.82, 2.24) is 4.90 Å². The first-order valence-corrected chi connectivity index (χ1v) is 4.92. The first-order valence-electron chi connectivity index (χ1n) is 4.92. The first-order chi connectivity index (χ1) is 6.33. The summed E-state index contributed by atoms with van der Waals surface area (Å²) in [5, 5.41) is 0. The quantitative estimate of drug-likeness (QED) is 0.602. The van der Waals surface area contributed by atoms with E-state index >= 15 is 0 Å². The van der Waals surface area contributed by atoms with Gasteiger partial charge in [-0.1, -0.05) is 6.58 Å². The van der Waals surface area contributed by atoms with Crippen molar-refractivity contribution < 1.29 is 9.53 Å². The molecule has 1 aliphatic heterocycles. The highest BCUT2D eigenvalue weighted by atomic mass is 16.5. The molecule has 1 atom stereocenters. The number of rotatable bonds is 1. The molecule has 0 aliphatic carbocycles. The van der Waals surface area contributed by atoms with E-state index in [0.717, 1.165) is 18.5 Å². The van der Waals surface area contributed by atoms with E-state index in [1.165, 1.54) is 6.92 Å². The lowest BCUT2D eigenvalue weighted by molar-refractivity contribution is -0.149. The molecule has 1 fully saturated rings. The van der Waals surface area contributed by atoms with Gasteiger partial charge in [0.15, 0.2) is 0 Å². The van der Waals surface area contributed by atoms with E-state index in [2.05, 4.69) is 25.3 Å². The Morgan fingerprint density at radius 3 is 2.64 bits per heavy atom. The van der Waals surface area contributed by atoms with Crippen molar-refractivity contribution in [1.29, 1.82) is 0 Å². The maximum atomic E-state index is 10.8. The SMILES string of the molecule is C=C1CC(OC(C)=O)CC(C)(C)N1C. The molecule has 1 unspecified atom stereocenters. The van der Waals surface area contributed by atoms with Gasteiger partial charge >= 0.3 is 5.97 Å². The summed E-state index contributed by atoms with van der Waals surface area (Å²) in [6.07, 6.45) is 1.60. The molecule has 0 amide bonds. The van der Waals surface area contributed by atoms with Gasteiger partial charge in [-0.3, -0.25) is 4.79 Å². The van der Waals surface area contributed by atoms with Gasteiger partial charge < -0.3 is 9.64 Å². The number of hydrogen-bond acceptors (Lipinski definition) is 3. The van der Waals surface area contributed by atoms with E-state index in [1.54, 1.807) is 0 Å². The minimum atomic E-state index is -0.205. The van der Waals surface area contributed by atoms with Crippen molar-refractivity contribution in [2.75, 3.05) is 7.05 Å². The molecule has 0 radical (unpaired) electrons. The lowest BCUT2D eigenvalue weighted by atomic mass is 9.87. The molecule has 0 aromatic carbocycles. The summed E-state index contributed by atoms with van der Waals surface area (Å²) in [6.45, 7) is 9.70. The van der Waals surface area contributed by atoms with Crippen molar-refractivity contribution in [3.63, 3.8) is 0 Å². The second-order valence-corrected chi connectivity index (χ2v) is 4.58. The van der Waals surface area contributed by atoms with Gasteiger partial charge in [0.05, 0.1) is 0 Å². The molecule has 0 aromatic rings. The lowest BCUT2D eigenvalue weighted by Crippen LogP contribution is -2.48. The number of piperidine rings is 1. The summed E-state index contributed by atoms with van der Waals surface area (Å²) in [5.74, 6) is -0.205. The molecular formula is C11H19NO2. The van der Waals surface area contributed by atoms with Crippen molar-refractivity contribution in [2.24, 2.45) is 0 Å². The molecular weight excluding hydrogens is 178 g/mol. The van der Waals surface area contributed by atoms with Crippen LogP contribution < -0.4 is 0 Å². The third kappa shape index (κ3) is 2.28. The molecule has 3 heteroatoms. The Balaban J connectivity index is 2.69. The molecule has 0 bridgehead atoms. The van der Waals surface area contributed by atoms with Gasteiger partial charge in [0.1, 0.15) is 6.10 Å². The van der Waals surface area contributed by atoms with Crippen molar-refractivity contribution in [2.45, 2.75) is 45.3 Å². The number of carbonyl (C=O) groups excluding carboxylic acids is 1. The number of hydrogen-bond donors (Lipinski definition) is 0. The number of nitrogens with zero attached hydrogens (tertiary/aromatic N) is 1. The third-order valence-corrected chi connectivity index (χ3v) is 2.91. The molecule has 1 heterocycles. The van der Waals surface area contributed by atoms with Gasteiger partial charge in [-0.25, -0.2) is 0 Å². The van der Waals surface area contributed by atoms with Crippen LogP contribution in [0.15, 0.2) is 12.3 Å². The highest BCUT2D eigenvalue weighted by molar-refractivity contribution is 5.66. The normalized spacial score (nSPS) is 26.1. The van der Waals surface area contributed by atoms with E-state index in [0.29, 0.717) is 0 Å². The fourth-order valence-corrected chi connectivity index (χ4v) is 1.91. The highest BCUT2D eigenvalue weighted by Crippen LogP contribution is 2.33. The van der Waals surface area contributed by atoms with Crippen LogP contribution in [-0.4, -0.2) is 29.6 Å². The van der Waals surface area contributed by atoms with Crippen LogP contribution in [0.1, 0.15) is 33.6 Å². The molecule has 80 valence electrons. The lowest BCUT2D eigenvalue weighted by Gasteiger charge is -2.45. The highest BCUT2D eigenvalue weighted by Gasteiger charge is 2.35. The van der Waals surface area contributed by atoms with Crippen LogP contribution in [0.2, 0.25) is 0 Å². The van der Waals surface area contributed by atoms with Crippen molar-refractivity contribution >= 4 is 5.97 Å². The minimum absolute atomic E-state index is 0.00815. The number of ether oxygens (including phenoxy) is 1. The molecule has 1 saturated heterocycles. The number of likely N-dealkylation sites (tertiary alicyclic amines) is 1. The molecule has 0 saturated carbocycles. The third-order valence-electron chi connectivity index (χ3n) is 2.91. The zero-order valence-electron chi connectivity index (χ0n) is 9.46. The summed E-state index contributed by atoms with van der Waals surface area (Å²) in [5.41, 5.74) is 1.06. The fraction of sp³-hybridized carbons (Fsp3) is 0.727. The van der Waals surface area contributed by atoms with Crippen LogP contribution in [0.25, 0.3) is 0 Å². The molecule has 0 N–H and O–H groups in total. The topological polar surface area (TPSA) is 29.5 Å². The predicted molar refractivity (Wildman–Crippen MR) is 55.8 cm³/mol. The van der Waals surface area contributed by atoms with Crippen LogP contribution in [0.5, 0.6) is 0 Å². The Labute approximate surface area is 85.7 Å². The molecule has 0 spiro atoms. The van der Waals surface area contributed by atoms with Gasteiger partial charge in [-0.2, -0.15) is 0 Å². The molecule has 3 nitrogen and oxygen atoms in total. The minimum Gasteiger partial charge on any atom is -0.462 e. The summed E-state index contributed by atoms with van der Waals surface area (Å²) in [4.78, 5) is 13.0. The fourth-order valence-electron chi connectivity index (χ4n) is 1.91. The second-order valence-electron chi connectivity index (χ2n) is 4.58. The van der Waals surface area contributed by atoms with Gasteiger partial charge in [0, 0.05) is 38.0 Å². The van der Waals surface area contributed by atoms with E-state index in [-0.39, 0.29) is 17.6 Å². The molecule has 14 heavy (non-hydrogen) atoms. The first kappa shape index (κ1) is 11.1. The predicted octanol–water partition coefficient (Wildman–Crippen LogP) is 1.94. The molecule has 0 aromatic heterocycles.